The molecule has 0 fully saturated rings. The Labute approximate surface area is 133 Å². The molecule has 0 saturated heterocycles. The van der Waals surface area contributed by atoms with Gasteiger partial charge in [-0.15, -0.1) is 11.6 Å². The smallest absolute Gasteiger partial charge is 0.340 e. The minimum atomic E-state index is -0.688. The lowest BCUT2D eigenvalue weighted by Gasteiger charge is -2.15. The zero-order valence-corrected chi connectivity index (χ0v) is 14.2. The fourth-order valence-electron chi connectivity index (χ4n) is 1.40. The van der Waals surface area contributed by atoms with E-state index in [1.165, 1.54) is 0 Å². The van der Waals surface area contributed by atoms with Crippen LogP contribution in [0.4, 0.5) is 5.69 Å². The molecule has 0 spiro atoms. The van der Waals surface area contributed by atoms with Crippen molar-refractivity contribution in [1.82, 2.24) is 0 Å². The van der Waals surface area contributed by atoms with Crippen molar-refractivity contribution in [3.05, 3.63) is 26.6 Å². The first kappa shape index (κ1) is 16.8. The lowest BCUT2D eigenvalue weighted by molar-refractivity contribution is 0.0527. The molecule has 0 radical (unpaired) electrons. The van der Waals surface area contributed by atoms with Gasteiger partial charge in [0.1, 0.15) is 0 Å². The SMILES string of the molecule is CCOC(=O)c1cc(Br)cc(Br)c1NCC(O)CCl. The number of hydrogen-bond donors (Lipinski definition) is 2. The van der Waals surface area contributed by atoms with Crippen molar-refractivity contribution in [2.24, 2.45) is 0 Å². The maximum atomic E-state index is 11.9. The van der Waals surface area contributed by atoms with Crippen molar-refractivity contribution >= 4 is 55.1 Å². The average molecular weight is 416 g/mol. The summed E-state index contributed by atoms with van der Waals surface area (Å²) in [5.41, 5.74) is 0.968. The minimum absolute atomic E-state index is 0.121. The second-order valence-electron chi connectivity index (χ2n) is 3.72. The lowest BCUT2D eigenvalue weighted by atomic mass is 10.1. The molecular formula is C12H14Br2ClNO3. The summed E-state index contributed by atoms with van der Waals surface area (Å²) in [5, 5.41) is 12.5. The van der Waals surface area contributed by atoms with E-state index >= 15 is 0 Å². The predicted octanol–water partition coefficient (Wildman–Crippen LogP) is 3.40. The average Bonchev–Trinajstić information content (AvgIpc) is 2.36. The molecule has 106 valence electrons. The van der Waals surface area contributed by atoms with E-state index in [-0.39, 0.29) is 12.4 Å². The van der Waals surface area contributed by atoms with Gasteiger partial charge in [-0.1, -0.05) is 15.9 Å². The lowest BCUT2D eigenvalue weighted by Crippen LogP contribution is -2.22. The molecule has 19 heavy (non-hydrogen) atoms. The molecule has 0 aliphatic heterocycles. The predicted molar refractivity (Wildman–Crippen MR) is 83.0 cm³/mol. The van der Waals surface area contributed by atoms with E-state index < -0.39 is 12.1 Å². The summed E-state index contributed by atoms with van der Waals surface area (Å²) >= 11 is 12.2. The second-order valence-corrected chi connectivity index (χ2v) is 5.80. The first-order valence-corrected chi connectivity index (χ1v) is 7.75. The highest BCUT2D eigenvalue weighted by molar-refractivity contribution is 9.11. The monoisotopic (exact) mass is 413 g/mol. The molecule has 1 atom stereocenters. The fourth-order valence-corrected chi connectivity index (χ4v) is 2.87. The number of carbonyl (C=O) groups is 1. The number of carbonyl (C=O) groups excluding carboxylic acids is 1. The zero-order valence-electron chi connectivity index (χ0n) is 10.3. The van der Waals surface area contributed by atoms with Crippen LogP contribution < -0.4 is 5.32 Å². The molecule has 1 aromatic rings. The van der Waals surface area contributed by atoms with Crippen LogP contribution >= 0.6 is 43.5 Å². The number of rotatable bonds is 6. The molecule has 0 amide bonds. The van der Waals surface area contributed by atoms with Crippen LogP contribution in [0.2, 0.25) is 0 Å². The summed E-state index contributed by atoms with van der Waals surface area (Å²) in [7, 11) is 0. The highest BCUT2D eigenvalue weighted by Gasteiger charge is 2.17. The largest absolute Gasteiger partial charge is 0.462 e. The summed E-state index contributed by atoms with van der Waals surface area (Å²) < 4.78 is 6.46. The Kier molecular flexibility index (Phi) is 7.13. The minimum Gasteiger partial charge on any atom is -0.462 e. The first-order chi connectivity index (χ1) is 8.99. The van der Waals surface area contributed by atoms with E-state index in [1.807, 2.05) is 0 Å². The van der Waals surface area contributed by atoms with Crippen LogP contribution in [0.25, 0.3) is 0 Å². The van der Waals surface area contributed by atoms with Crippen LogP contribution in [-0.4, -0.2) is 36.2 Å². The van der Waals surface area contributed by atoms with Crippen LogP contribution in [0.1, 0.15) is 17.3 Å². The molecular weight excluding hydrogens is 401 g/mol. The molecule has 0 bridgehead atoms. The summed E-state index contributed by atoms with van der Waals surface area (Å²) in [5.74, 6) is -0.303. The van der Waals surface area contributed by atoms with Crippen molar-refractivity contribution in [1.29, 1.82) is 0 Å². The molecule has 4 nitrogen and oxygen atoms in total. The van der Waals surface area contributed by atoms with Gasteiger partial charge in [0.05, 0.1) is 29.8 Å². The quantitative estimate of drug-likeness (QED) is 0.552. The molecule has 0 aromatic heterocycles. The van der Waals surface area contributed by atoms with Gasteiger partial charge in [0.2, 0.25) is 0 Å². The maximum absolute atomic E-state index is 11.9. The number of aliphatic hydroxyl groups is 1. The van der Waals surface area contributed by atoms with Crippen molar-refractivity contribution in [2.75, 3.05) is 24.3 Å². The Morgan fingerprint density at radius 1 is 1.53 bits per heavy atom. The van der Waals surface area contributed by atoms with E-state index in [0.29, 0.717) is 22.3 Å². The Morgan fingerprint density at radius 3 is 2.79 bits per heavy atom. The van der Waals surface area contributed by atoms with Gasteiger partial charge in [-0.3, -0.25) is 0 Å². The third-order valence-electron chi connectivity index (χ3n) is 2.24. The van der Waals surface area contributed by atoms with Crippen molar-refractivity contribution < 1.29 is 14.6 Å². The second kappa shape index (κ2) is 8.09. The van der Waals surface area contributed by atoms with Gasteiger partial charge in [-0.05, 0) is 35.0 Å². The van der Waals surface area contributed by atoms with Crippen molar-refractivity contribution in [3.63, 3.8) is 0 Å². The molecule has 7 heteroatoms. The number of esters is 1. The van der Waals surface area contributed by atoms with Gasteiger partial charge in [-0.25, -0.2) is 4.79 Å². The summed E-state index contributed by atoms with van der Waals surface area (Å²) in [6, 6.07) is 3.47. The number of hydrogen-bond acceptors (Lipinski definition) is 4. The molecule has 0 saturated carbocycles. The van der Waals surface area contributed by atoms with E-state index in [0.717, 1.165) is 4.47 Å². The Hall–Kier alpha value is -0.300. The number of anilines is 1. The van der Waals surface area contributed by atoms with E-state index in [9.17, 15) is 9.90 Å². The van der Waals surface area contributed by atoms with Crippen molar-refractivity contribution in [3.8, 4) is 0 Å². The van der Waals surface area contributed by atoms with Crippen LogP contribution in [0.15, 0.2) is 21.1 Å². The number of halogens is 3. The standard InChI is InChI=1S/C12H14Br2ClNO3/c1-2-19-12(18)9-3-7(13)4-10(14)11(9)16-6-8(17)5-15/h3-4,8,16-17H,2,5-6H2,1H3. The van der Waals surface area contributed by atoms with Crippen molar-refractivity contribution in [2.45, 2.75) is 13.0 Å². The van der Waals surface area contributed by atoms with Gasteiger partial charge in [0.15, 0.2) is 0 Å². The van der Waals surface area contributed by atoms with E-state index in [4.69, 9.17) is 16.3 Å². The molecule has 0 aliphatic rings. The molecule has 0 heterocycles. The molecule has 1 rings (SSSR count). The van der Waals surface area contributed by atoms with Gasteiger partial charge in [0, 0.05) is 15.5 Å². The summed E-state index contributed by atoms with van der Waals surface area (Å²) in [6.45, 7) is 2.29. The highest BCUT2D eigenvalue weighted by Crippen LogP contribution is 2.31. The Morgan fingerprint density at radius 2 is 2.21 bits per heavy atom. The van der Waals surface area contributed by atoms with E-state index in [1.54, 1.807) is 19.1 Å². The van der Waals surface area contributed by atoms with Gasteiger partial charge >= 0.3 is 5.97 Å². The number of nitrogens with one attached hydrogen (secondary N) is 1. The number of ether oxygens (including phenoxy) is 1. The first-order valence-electron chi connectivity index (χ1n) is 5.63. The van der Waals surface area contributed by atoms with E-state index in [2.05, 4.69) is 37.2 Å². The topological polar surface area (TPSA) is 58.6 Å². The van der Waals surface area contributed by atoms with Gasteiger partial charge < -0.3 is 15.2 Å². The molecule has 0 aliphatic carbocycles. The highest BCUT2D eigenvalue weighted by atomic mass is 79.9. The van der Waals surface area contributed by atoms with Crippen LogP contribution in [0.3, 0.4) is 0 Å². The normalized spacial score (nSPS) is 12.1. The molecule has 1 aromatic carbocycles. The maximum Gasteiger partial charge on any atom is 0.340 e. The fraction of sp³-hybridized carbons (Fsp3) is 0.417. The summed E-state index contributed by atoms with van der Waals surface area (Å²) in [6.07, 6.45) is -0.688. The zero-order chi connectivity index (χ0) is 14.4. The molecule has 1 unspecified atom stereocenters. The third kappa shape index (κ3) is 4.95. The number of aliphatic hydroxyl groups excluding tert-OH is 1. The van der Waals surface area contributed by atoms with Crippen LogP contribution in [0, 0.1) is 0 Å². The number of benzene rings is 1. The third-order valence-corrected chi connectivity index (χ3v) is 3.68. The van der Waals surface area contributed by atoms with Gasteiger partial charge in [0.25, 0.3) is 0 Å². The Bertz CT molecular complexity index is 457. The summed E-state index contributed by atoms with van der Waals surface area (Å²) in [4.78, 5) is 11.9. The Balaban J connectivity index is 3.02. The number of alkyl halides is 1. The van der Waals surface area contributed by atoms with Gasteiger partial charge in [-0.2, -0.15) is 0 Å². The molecule has 2 N–H and O–H groups in total. The van der Waals surface area contributed by atoms with Crippen LogP contribution in [-0.2, 0) is 4.74 Å². The van der Waals surface area contributed by atoms with Crippen LogP contribution in [0.5, 0.6) is 0 Å².